The van der Waals surface area contributed by atoms with E-state index in [0.717, 1.165) is 28.8 Å². The lowest BCUT2D eigenvalue weighted by Gasteiger charge is -2.38. The fourth-order valence-electron chi connectivity index (χ4n) is 4.70. The van der Waals surface area contributed by atoms with Gasteiger partial charge in [0.1, 0.15) is 0 Å². The summed E-state index contributed by atoms with van der Waals surface area (Å²) in [5.41, 5.74) is 5.60. The third-order valence-electron chi connectivity index (χ3n) is 5.95. The lowest BCUT2D eigenvalue weighted by molar-refractivity contribution is -0.385. The van der Waals surface area contributed by atoms with Gasteiger partial charge >= 0.3 is 0 Å². The molecule has 5 rings (SSSR count). The lowest BCUT2D eigenvalue weighted by Crippen LogP contribution is -2.30. The summed E-state index contributed by atoms with van der Waals surface area (Å²) in [4.78, 5) is 11.4. The zero-order chi connectivity index (χ0) is 19.1. The minimum absolute atomic E-state index is 0.0982. The molecule has 3 atom stereocenters. The van der Waals surface area contributed by atoms with Crippen molar-refractivity contribution in [3.63, 3.8) is 0 Å². The van der Waals surface area contributed by atoms with Crippen LogP contribution in [0.5, 0.6) is 0 Å². The first kappa shape index (κ1) is 16.8. The van der Waals surface area contributed by atoms with Crippen molar-refractivity contribution in [2.24, 2.45) is 5.92 Å². The van der Waals surface area contributed by atoms with Crippen LogP contribution in [0.2, 0.25) is 0 Å². The predicted molar refractivity (Wildman–Crippen MR) is 111 cm³/mol. The molecule has 0 amide bonds. The summed E-state index contributed by atoms with van der Waals surface area (Å²) < 4.78 is 0. The van der Waals surface area contributed by atoms with Crippen LogP contribution in [0.1, 0.15) is 29.5 Å². The van der Waals surface area contributed by atoms with Gasteiger partial charge in [-0.05, 0) is 23.5 Å². The Morgan fingerprint density at radius 3 is 2.46 bits per heavy atom. The Hall–Kier alpha value is -3.40. The molecule has 0 fully saturated rings. The second kappa shape index (κ2) is 6.64. The average Bonchev–Trinajstić information content (AvgIpc) is 3.23. The Balaban J connectivity index is 1.68. The van der Waals surface area contributed by atoms with Crippen molar-refractivity contribution in [2.45, 2.75) is 18.4 Å². The summed E-state index contributed by atoms with van der Waals surface area (Å²) in [5.74, 6) is 0.546. The maximum absolute atomic E-state index is 11.7. The van der Waals surface area contributed by atoms with Gasteiger partial charge in [0.25, 0.3) is 5.69 Å². The molecule has 0 radical (unpaired) electrons. The van der Waals surface area contributed by atoms with Crippen LogP contribution in [0.15, 0.2) is 84.9 Å². The van der Waals surface area contributed by atoms with Crippen LogP contribution in [0.4, 0.5) is 11.4 Å². The topological polar surface area (TPSA) is 55.2 Å². The highest BCUT2D eigenvalue weighted by Gasteiger charge is 2.40. The number of nitrogens with zero attached hydrogens (tertiary/aromatic N) is 1. The van der Waals surface area contributed by atoms with Gasteiger partial charge in [0, 0.05) is 23.2 Å². The highest BCUT2D eigenvalue weighted by molar-refractivity contribution is 5.82. The van der Waals surface area contributed by atoms with E-state index in [0.29, 0.717) is 0 Å². The second-order valence-corrected chi connectivity index (χ2v) is 7.43. The number of nitrogens with one attached hydrogen (secondary N) is 1. The largest absolute Gasteiger partial charge is 0.377 e. The highest BCUT2D eigenvalue weighted by Crippen LogP contribution is 2.53. The molecular weight excluding hydrogens is 348 g/mol. The van der Waals surface area contributed by atoms with Crippen LogP contribution >= 0.6 is 0 Å². The van der Waals surface area contributed by atoms with Crippen LogP contribution in [0.3, 0.4) is 0 Å². The second-order valence-electron chi connectivity index (χ2n) is 7.43. The van der Waals surface area contributed by atoms with E-state index in [1.54, 1.807) is 12.1 Å². The molecule has 1 aliphatic carbocycles. The van der Waals surface area contributed by atoms with Crippen LogP contribution < -0.4 is 5.32 Å². The first-order chi connectivity index (χ1) is 13.7. The van der Waals surface area contributed by atoms with E-state index in [9.17, 15) is 10.1 Å². The summed E-state index contributed by atoms with van der Waals surface area (Å²) in [6.07, 6.45) is 5.40. The van der Waals surface area contributed by atoms with E-state index in [4.69, 9.17) is 0 Å². The summed E-state index contributed by atoms with van der Waals surface area (Å²) in [6, 6.07) is 23.7. The van der Waals surface area contributed by atoms with Crippen molar-refractivity contribution in [1.82, 2.24) is 0 Å². The molecule has 0 saturated carbocycles. The number of allylic oxidation sites excluding steroid dienone is 2. The molecule has 3 aromatic carbocycles. The van der Waals surface area contributed by atoms with Crippen LogP contribution in [-0.2, 0) is 0 Å². The van der Waals surface area contributed by atoms with Gasteiger partial charge in [-0.3, -0.25) is 10.1 Å². The first-order valence-electron chi connectivity index (χ1n) is 9.59. The van der Waals surface area contributed by atoms with Gasteiger partial charge in [-0.15, -0.1) is 0 Å². The molecule has 4 heteroatoms. The van der Waals surface area contributed by atoms with Crippen molar-refractivity contribution in [2.75, 3.05) is 5.32 Å². The van der Waals surface area contributed by atoms with Crippen molar-refractivity contribution in [1.29, 1.82) is 0 Å². The smallest absolute Gasteiger partial charge is 0.274 e. The summed E-state index contributed by atoms with van der Waals surface area (Å²) in [6.45, 7) is 0. The van der Waals surface area contributed by atoms with Crippen molar-refractivity contribution in [3.8, 4) is 11.1 Å². The molecule has 0 saturated heterocycles. The number of benzene rings is 3. The van der Waals surface area contributed by atoms with Crippen molar-refractivity contribution < 1.29 is 4.92 Å². The van der Waals surface area contributed by atoms with E-state index >= 15 is 0 Å². The minimum atomic E-state index is -0.271. The quantitative estimate of drug-likeness (QED) is 0.346. The molecule has 0 spiro atoms. The average molecular weight is 368 g/mol. The van der Waals surface area contributed by atoms with E-state index in [1.165, 1.54) is 5.56 Å². The summed E-state index contributed by atoms with van der Waals surface area (Å²) in [7, 11) is 0. The van der Waals surface area contributed by atoms with Gasteiger partial charge in [-0.2, -0.15) is 0 Å². The van der Waals surface area contributed by atoms with Gasteiger partial charge < -0.3 is 5.32 Å². The molecule has 1 N–H and O–H groups in total. The first-order valence-corrected chi connectivity index (χ1v) is 9.59. The monoisotopic (exact) mass is 368 g/mol. The molecular formula is C24H20N2O2. The molecule has 2 aliphatic rings. The summed E-state index contributed by atoms with van der Waals surface area (Å²) in [5, 5.41) is 15.4. The summed E-state index contributed by atoms with van der Waals surface area (Å²) >= 11 is 0. The normalized spacial score (nSPS) is 22.2. The van der Waals surface area contributed by atoms with Crippen molar-refractivity contribution in [3.05, 3.63) is 106 Å². The Morgan fingerprint density at radius 2 is 1.64 bits per heavy atom. The van der Waals surface area contributed by atoms with Gasteiger partial charge in [-0.1, -0.05) is 78.9 Å². The molecule has 138 valence electrons. The SMILES string of the molecule is O=[N+]([O-])c1ccccc1[C@H]1Nc2c(-c3ccccc3)cccc2C2C=CCC21. The number of fused-ring (bicyclic) bond motifs is 3. The maximum atomic E-state index is 11.7. The van der Waals surface area contributed by atoms with E-state index in [-0.39, 0.29) is 28.5 Å². The van der Waals surface area contributed by atoms with Crippen LogP contribution in [0, 0.1) is 16.0 Å². The number of rotatable bonds is 3. The molecule has 2 unspecified atom stereocenters. The third-order valence-corrected chi connectivity index (χ3v) is 5.95. The van der Waals surface area contributed by atoms with Gasteiger partial charge in [0.15, 0.2) is 0 Å². The zero-order valence-corrected chi connectivity index (χ0v) is 15.3. The number of nitro groups is 1. The predicted octanol–water partition coefficient (Wildman–Crippen LogP) is 6.09. The standard InChI is InChI=1S/C24H20N2O2/c27-26(28)22-15-5-4-10-21(22)24-20-14-7-12-18(20)19-13-6-11-17(23(19)25-24)16-8-2-1-3-9-16/h1-13,15,18,20,24-25H,14H2/t18?,20?,24-/m0/s1. The molecule has 28 heavy (non-hydrogen) atoms. The molecule has 1 aliphatic heterocycles. The van der Waals surface area contributed by atoms with Gasteiger partial charge in [0.2, 0.25) is 0 Å². The van der Waals surface area contributed by atoms with Gasteiger partial charge in [0.05, 0.1) is 16.5 Å². The van der Waals surface area contributed by atoms with Crippen LogP contribution in [-0.4, -0.2) is 4.92 Å². The molecule has 0 aromatic heterocycles. The molecule has 4 nitrogen and oxygen atoms in total. The molecule has 0 bridgehead atoms. The number of anilines is 1. The fourth-order valence-corrected chi connectivity index (χ4v) is 4.70. The Bertz CT molecular complexity index is 1070. The Morgan fingerprint density at radius 1 is 0.893 bits per heavy atom. The van der Waals surface area contributed by atoms with Gasteiger partial charge in [-0.25, -0.2) is 0 Å². The number of para-hydroxylation sites is 2. The van der Waals surface area contributed by atoms with Crippen LogP contribution in [0.25, 0.3) is 11.1 Å². The zero-order valence-electron chi connectivity index (χ0n) is 15.3. The Labute approximate surface area is 163 Å². The lowest BCUT2D eigenvalue weighted by atomic mass is 9.75. The number of nitro benzene ring substituents is 1. The third kappa shape index (κ3) is 2.61. The van der Waals surface area contributed by atoms with E-state index in [2.05, 4.69) is 47.8 Å². The maximum Gasteiger partial charge on any atom is 0.274 e. The fraction of sp³-hybridized carbons (Fsp3) is 0.167. The molecule has 1 heterocycles. The Kier molecular flexibility index (Phi) is 3.97. The molecule has 3 aromatic rings. The minimum Gasteiger partial charge on any atom is -0.377 e. The number of hydrogen-bond donors (Lipinski definition) is 1. The number of hydrogen-bond acceptors (Lipinski definition) is 3. The van der Waals surface area contributed by atoms with Crippen molar-refractivity contribution >= 4 is 11.4 Å². The highest BCUT2D eigenvalue weighted by atomic mass is 16.6. The van der Waals surface area contributed by atoms with E-state index < -0.39 is 0 Å². The van der Waals surface area contributed by atoms with E-state index in [1.807, 2.05) is 30.3 Å².